The topological polar surface area (TPSA) is 59.7 Å². The number of benzene rings is 1. The van der Waals surface area contributed by atoms with Gasteiger partial charge >= 0.3 is 0 Å². The van der Waals surface area contributed by atoms with Crippen molar-refractivity contribution in [2.45, 2.75) is 12.8 Å². The molecule has 0 atom stereocenters. The maximum Gasteiger partial charge on any atom is 0.164 e. The standard InChI is InChI=1S/C18H19FN4O2/c1-22-16-3-2-12(19)8-15(16)21-17(22)10-13-9-14(24)11-18(20-13)23-4-6-25-7-5-23/h2-3,8,11H,4-7,9-10H2,1H3. The van der Waals surface area contributed by atoms with Crippen LogP contribution in [0.4, 0.5) is 4.39 Å². The number of morpholine rings is 1. The fraction of sp³-hybridized carbons (Fsp3) is 0.389. The van der Waals surface area contributed by atoms with Gasteiger partial charge in [0.05, 0.1) is 24.2 Å². The van der Waals surface area contributed by atoms with Gasteiger partial charge in [-0.15, -0.1) is 0 Å². The van der Waals surface area contributed by atoms with Crippen LogP contribution in [0.1, 0.15) is 12.2 Å². The van der Waals surface area contributed by atoms with Gasteiger partial charge in [0.2, 0.25) is 0 Å². The summed E-state index contributed by atoms with van der Waals surface area (Å²) in [5.74, 6) is 1.23. The molecular formula is C18H19FN4O2. The summed E-state index contributed by atoms with van der Waals surface area (Å²) in [6.45, 7) is 2.77. The highest BCUT2D eigenvalue weighted by Crippen LogP contribution is 2.20. The van der Waals surface area contributed by atoms with Crippen molar-refractivity contribution in [2.24, 2.45) is 12.0 Å². The number of carbonyl (C=O) groups excluding carboxylic acids is 1. The van der Waals surface area contributed by atoms with Crippen LogP contribution in [0.5, 0.6) is 0 Å². The fourth-order valence-electron chi connectivity index (χ4n) is 3.25. The third-order valence-electron chi connectivity index (χ3n) is 4.57. The van der Waals surface area contributed by atoms with Crippen molar-refractivity contribution >= 4 is 22.5 Å². The molecule has 7 heteroatoms. The third-order valence-corrected chi connectivity index (χ3v) is 4.57. The minimum Gasteiger partial charge on any atom is -0.378 e. The van der Waals surface area contributed by atoms with Crippen molar-refractivity contribution in [1.29, 1.82) is 0 Å². The van der Waals surface area contributed by atoms with Crippen LogP contribution in [0.25, 0.3) is 11.0 Å². The average Bonchev–Trinajstić information content (AvgIpc) is 2.90. The molecule has 0 saturated carbocycles. The first-order chi connectivity index (χ1) is 12.1. The van der Waals surface area contributed by atoms with E-state index < -0.39 is 0 Å². The lowest BCUT2D eigenvalue weighted by atomic mass is 10.1. The van der Waals surface area contributed by atoms with Crippen LogP contribution in [0.15, 0.2) is 35.1 Å². The van der Waals surface area contributed by atoms with Gasteiger partial charge in [0, 0.05) is 50.8 Å². The van der Waals surface area contributed by atoms with E-state index in [9.17, 15) is 9.18 Å². The Balaban J connectivity index is 1.61. The smallest absolute Gasteiger partial charge is 0.164 e. The second-order valence-electron chi connectivity index (χ2n) is 6.32. The van der Waals surface area contributed by atoms with E-state index in [2.05, 4.69) is 14.9 Å². The normalized spacial score (nSPS) is 18.5. The summed E-state index contributed by atoms with van der Waals surface area (Å²) in [5.41, 5.74) is 2.26. The molecule has 2 aliphatic heterocycles. The number of hydrogen-bond donors (Lipinski definition) is 0. The number of halogens is 1. The number of carbonyl (C=O) groups is 1. The summed E-state index contributed by atoms with van der Waals surface area (Å²) in [4.78, 5) is 23.4. The molecule has 0 amide bonds. The van der Waals surface area contributed by atoms with Gasteiger partial charge in [-0.25, -0.2) is 14.4 Å². The minimum absolute atomic E-state index is 0.0521. The number of nitrogens with zero attached hydrogens (tertiary/aromatic N) is 4. The highest BCUT2D eigenvalue weighted by atomic mass is 19.1. The molecule has 0 unspecified atom stereocenters. The maximum absolute atomic E-state index is 13.4. The molecule has 2 aromatic rings. The number of imidazole rings is 1. The van der Waals surface area contributed by atoms with E-state index in [1.54, 1.807) is 12.1 Å². The molecule has 1 saturated heterocycles. The van der Waals surface area contributed by atoms with Crippen molar-refractivity contribution in [1.82, 2.24) is 14.5 Å². The molecule has 1 fully saturated rings. The Labute approximate surface area is 144 Å². The second kappa shape index (κ2) is 6.40. The van der Waals surface area contributed by atoms with E-state index in [0.29, 0.717) is 37.4 Å². The zero-order valence-electron chi connectivity index (χ0n) is 14.0. The molecule has 0 bridgehead atoms. The molecule has 1 aromatic carbocycles. The van der Waals surface area contributed by atoms with Crippen LogP contribution < -0.4 is 0 Å². The number of fused-ring (bicyclic) bond motifs is 1. The predicted octanol–water partition coefficient (Wildman–Crippen LogP) is 1.84. The summed E-state index contributed by atoms with van der Waals surface area (Å²) in [6, 6.07) is 4.56. The highest BCUT2D eigenvalue weighted by Gasteiger charge is 2.21. The number of ketones is 1. The summed E-state index contributed by atoms with van der Waals surface area (Å²) < 4.78 is 20.7. The van der Waals surface area contributed by atoms with Gasteiger partial charge in [-0.2, -0.15) is 0 Å². The molecule has 0 radical (unpaired) electrons. The number of aliphatic imine (C=N–C) groups is 1. The Kier molecular flexibility index (Phi) is 4.09. The molecule has 0 aliphatic carbocycles. The van der Waals surface area contributed by atoms with Crippen LogP contribution in [0, 0.1) is 5.82 Å². The van der Waals surface area contributed by atoms with Gasteiger partial charge in [-0.1, -0.05) is 0 Å². The van der Waals surface area contributed by atoms with Crippen LogP contribution in [-0.4, -0.2) is 52.2 Å². The van der Waals surface area contributed by atoms with Gasteiger partial charge in [-0.3, -0.25) is 4.79 Å². The van der Waals surface area contributed by atoms with E-state index >= 15 is 0 Å². The summed E-state index contributed by atoms with van der Waals surface area (Å²) in [5, 5.41) is 0. The maximum atomic E-state index is 13.4. The average molecular weight is 342 g/mol. The molecule has 25 heavy (non-hydrogen) atoms. The lowest BCUT2D eigenvalue weighted by Gasteiger charge is -2.30. The van der Waals surface area contributed by atoms with Crippen LogP contribution in [0.3, 0.4) is 0 Å². The predicted molar refractivity (Wildman–Crippen MR) is 91.9 cm³/mol. The Morgan fingerprint density at radius 1 is 1.28 bits per heavy atom. The Morgan fingerprint density at radius 2 is 2.08 bits per heavy atom. The van der Waals surface area contributed by atoms with E-state index in [4.69, 9.17) is 4.74 Å². The largest absolute Gasteiger partial charge is 0.378 e. The monoisotopic (exact) mass is 342 g/mol. The number of rotatable bonds is 3. The molecule has 3 heterocycles. The van der Waals surface area contributed by atoms with Crippen molar-refractivity contribution in [2.75, 3.05) is 26.3 Å². The molecular weight excluding hydrogens is 323 g/mol. The van der Waals surface area contributed by atoms with Crippen LogP contribution >= 0.6 is 0 Å². The number of hydrogen-bond acceptors (Lipinski definition) is 5. The van der Waals surface area contributed by atoms with E-state index in [-0.39, 0.29) is 11.6 Å². The van der Waals surface area contributed by atoms with Gasteiger partial charge in [0.1, 0.15) is 17.5 Å². The van der Waals surface area contributed by atoms with E-state index in [1.165, 1.54) is 12.1 Å². The zero-order chi connectivity index (χ0) is 17.4. The summed E-state index contributed by atoms with van der Waals surface area (Å²) >= 11 is 0. The van der Waals surface area contributed by atoms with Gasteiger partial charge in [0.15, 0.2) is 5.78 Å². The SMILES string of the molecule is Cn1c(CC2=NC(N3CCOCC3)=CC(=O)C2)nc2cc(F)ccc21. The van der Waals surface area contributed by atoms with E-state index in [0.717, 1.165) is 30.1 Å². The molecule has 1 aromatic heterocycles. The van der Waals surface area contributed by atoms with Crippen molar-refractivity contribution < 1.29 is 13.9 Å². The summed E-state index contributed by atoms with van der Waals surface area (Å²) in [7, 11) is 1.90. The lowest BCUT2D eigenvalue weighted by Crippen LogP contribution is -2.36. The lowest BCUT2D eigenvalue weighted by molar-refractivity contribution is -0.113. The van der Waals surface area contributed by atoms with E-state index in [1.807, 2.05) is 11.6 Å². The zero-order valence-corrected chi connectivity index (χ0v) is 14.0. The third kappa shape index (κ3) is 3.19. The quantitative estimate of drug-likeness (QED) is 0.854. The molecule has 6 nitrogen and oxygen atoms in total. The number of aryl methyl sites for hydroxylation is 1. The second-order valence-corrected chi connectivity index (χ2v) is 6.32. The van der Waals surface area contributed by atoms with Gasteiger partial charge in [0.25, 0.3) is 0 Å². The molecule has 4 rings (SSSR count). The fourth-order valence-corrected chi connectivity index (χ4v) is 3.25. The summed E-state index contributed by atoms with van der Waals surface area (Å²) in [6.07, 6.45) is 2.38. The molecule has 0 spiro atoms. The molecule has 0 N–H and O–H groups in total. The Hall–Kier alpha value is -2.54. The minimum atomic E-state index is -0.306. The first-order valence-corrected chi connectivity index (χ1v) is 8.34. The first-order valence-electron chi connectivity index (χ1n) is 8.34. The van der Waals surface area contributed by atoms with Crippen molar-refractivity contribution in [3.8, 4) is 0 Å². The van der Waals surface area contributed by atoms with Crippen molar-refractivity contribution in [3.63, 3.8) is 0 Å². The van der Waals surface area contributed by atoms with Gasteiger partial charge in [-0.05, 0) is 12.1 Å². The van der Waals surface area contributed by atoms with Crippen LogP contribution in [-0.2, 0) is 23.0 Å². The van der Waals surface area contributed by atoms with Crippen molar-refractivity contribution in [3.05, 3.63) is 41.7 Å². The first kappa shape index (κ1) is 16.0. The number of aromatic nitrogens is 2. The Morgan fingerprint density at radius 3 is 2.88 bits per heavy atom. The molecule has 130 valence electrons. The molecule has 2 aliphatic rings. The van der Waals surface area contributed by atoms with Gasteiger partial charge < -0.3 is 14.2 Å². The number of ether oxygens (including phenoxy) is 1. The Bertz CT molecular complexity index is 894. The van der Waals surface area contributed by atoms with Crippen LogP contribution in [0.2, 0.25) is 0 Å². The number of allylic oxidation sites excluding steroid dienone is 1. The highest BCUT2D eigenvalue weighted by molar-refractivity contribution is 6.09.